The standard InChI is InChI=1S/C30H24O4/c1-32-22-13-11-20(12-14-22)19-26-28(21-7-4-3-5-8-21)25-9-6-10-27(29(25)30(26)31)34-24-17-15-23(33-2)16-18-24/h3-19,28H,1-2H3/b26-19-/t28-/m1/s1. The first kappa shape index (κ1) is 21.5. The fraction of sp³-hybridized carbons (Fsp3) is 0.100. The number of carbonyl (C=O) groups excluding carboxylic acids is 1. The minimum Gasteiger partial charge on any atom is -0.497 e. The molecular formula is C30H24O4. The number of carbonyl (C=O) groups is 1. The van der Waals surface area contributed by atoms with Crippen molar-refractivity contribution in [3.63, 3.8) is 0 Å². The van der Waals surface area contributed by atoms with Gasteiger partial charge in [-0.25, -0.2) is 0 Å². The summed E-state index contributed by atoms with van der Waals surface area (Å²) >= 11 is 0. The molecule has 4 nitrogen and oxygen atoms in total. The van der Waals surface area contributed by atoms with Crippen LogP contribution in [0.1, 0.15) is 33.0 Å². The fourth-order valence-corrected chi connectivity index (χ4v) is 4.36. The zero-order chi connectivity index (χ0) is 23.5. The van der Waals surface area contributed by atoms with E-state index in [4.69, 9.17) is 14.2 Å². The van der Waals surface area contributed by atoms with Crippen LogP contribution in [0, 0.1) is 0 Å². The molecular weight excluding hydrogens is 424 g/mol. The second-order valence-corrected chi connectivity index (χ2v) is 8.04. The maximum atomic E-state index is 13.8. The van der Waals surface area contributed by atoms with Crippen LogP contribution in [-0.4, -0.2) is 20.0 Å². The van der Waals surface area contributed by atoms with E-state index in [-0.39, 0.29) is 11.7 Å². The topological polar surface area (TPSA) is 44.8 Å². The summed E-state index contributed by atoms with van der Waals surface area (Å²) < 4.78 is 16.7. The first-order valence-corrected chi connectivity index (χ1v) is 11.1. The summed E-state index contributed by atoms with van der Waals surface area (Å²) in [4.78, 5) is 13.8. The van der Waals surface area contributed by atoms with Crippen LogP contribution < -0.4 is 14.2 Å². The molecule has 5 rings (SSSR count). The van der Waals surface area contributed by atoms with Gasteiger partial charge in [0.05, 0.1) is 19.8 Å². The molecule has 0 aromatic heterocycles. The smallest absolute Gasteiger partial charge is 0.194 e. The molecule has 0 radical (unpaired) electrons. The molecule has 34 heavy (non-hydrogen) atoms. The van der Waals surface area contributed by atoms with Crippen molar-refractivity contribution in [2.75, 3.05) is 14.2 Å². The summed E-state index contributed by atoms with van der Waals surface area (Å²) in [6.45, 7) is 0. The zero-order valence-corrected chi connectivity index (χ0v) is 19.0. The number of methoxy groups -OCH3 is 2. The Hall–Kier alpha value is -4.31. The van der Waals surface area contributed by atoms with Crippen molar-refractivity contribution in [2.45, 2.75) is 5.92 Å². The molecule has 168 valence electrons. The second-order valence-electron chi connectivity index (χ2n) is 8.04. The number of Topliss-reactive ketones (excluding diaryl/α,β-unsaturated/α-hetero) is 1. The quantitative estimate of drug-likeness (QED) is 0.301. The highest BCUT2D eigenvalue weighted by Crippen LogP contribution is 2.47. The largest absolute Gasteiger partial charge is 0.497 e. The number of rotatable bonds is 6. The van der Waals surface area contributed by atoms with Gasteiger partial charge >= 0.3 is 0 Å². The average Bonchev–Trinajstić information content (AvgIpc) is 3.17. The summed E-state index contributed by atoms with van der Waals surface area (Å²) in [6.07, 6.45) is 1.97. The molecule has 4 aromatic rings. The van der Waals surface area contributed by atoms with Crippen molar-refractivity contribution in [1.29, 1.82) is 0 Å². The molecule has 1 aliphatic carbocycles. The molecule has 0 spiro atoms. The van der Waals surface area contributed by atoms with E-state index >= 15 is 0 Å². The Morgan fingerprint density at radius 1 is 0.676 bits per heavy atom. The van der Waals surface area contributed by atoms with Crippen LogP contribution in [0.5, 0.6) is 23.0 Å². The van der Waals surface area contributed by atoms with Crippen LogP contribution >= 0.6 is 0 Å². The minimum atomic E-state index is -0.176. The number of hydrogen-bond acceptors (Lipinski definition) is 4. The molecule has 0 saturated heterocycles. The highest BCUT2D eigenvalue weighted by Gasteiger charge is 2.38. The summed E-state index contributed by atoms with van der Waals surface area (Å²) in [6, 6.07) is 31.0. The molecule has 4 heteroatoms. The van der Waals surface area contributed by atoms with Gasteiger partial charge < -0.3 is 14.2 Å². The summed E-state index contributed by atoms with van der Waals surface area (Å²) in [5.41, 5.74) is 4.28. The maximum absolute atomic E-state index is 13.8. The van der Waals surface area contributed by atoms with Crippen molar-refractivity contribution in [2.24, 2.45) is 0 Å². The monoisotopic (exact) mass is 448 g/mol. The van der Waals surface area contributed by atoms with Gasteiger partial charge in [0.1, 0.15) is 23.0 Å². The Kier molecular flexibility index (Phi) is 5.88. The number of fused-ring (bicyclic) bond motifs is 1. The Balaban J connectivity index is 1.60. The van der Waals surface area contributed by atoms with E-state index in [1.54, 1.807) is 14.2 Å². The van der Waals surface area contributed by atoms with Gasteiger partial charge in [0.15, 0.2) is 5.78 Å². The summed E-state index contributed by atoms with van der Waals surface area (Å²) in [7, 11) is 3.26. The predicted molar refractivity (Wildman–Crippen MR) is 133 cm³/mol. The Morgan fingerprint density at radius 2 is 1.29 bits per heavy atom. The second kappa shape index (κ2) is 9.28. The first-order valence-electron chi connectivity index (χ1n) is 11.1. The van der Waals surface area contributed by atoms with E-state index in [9.17, 15) is 4.79 Å². The molecule has 0 saturated carbocycles. The third kappa shape index (κ3) is 4.06. The number of ketones is 1. The highest BCUT2D eigenvalue weighted by molar-refractivity contribution is 6.19. The molecule has 1 aliphatic rings. The van der Waals surface area contributed by atoms with Gasteiger partial charge in [-0.15, -0.1) is 0 Å². The molecule has 0 aliphatic heterocycles. The fourth-order valence-electron chi connectivity index (χ4n) is 4.36. The van der Waals surface area contributed by atoms with Crippen LogP contribution in [-0.2, 0) is 0 Å². The van der Waals surface area contributed by atoms with Gasteiger partial charge in [-0.1, -0.05) is 54.6 Å². The number of benzene rings is 4. The third-order valence-corrected chi connectivity index (χ3v) is 6.03. The molecule has 0 heterocycles. The molecule has 0 unspecified atom stereocenters. The van der Waals surface area contributed by atoms with Crippen molar-refractivity contribution in [3.8, 4) is 23.0 Å². The Morgan fingerprint density at radius 3 is 1.94 bits per heavy atom. The molecule has 1 atom stereocenters. The van der Waals surface area contributed by atoms with Crippen LogP contribution in [0.2, 0.25) is 0 Å². The van der Waals surface area contributed by atoms with E-state index in [0.717, 1.165) is 33.8 Å². The van der Waals surface area contributed by atoms with Crippen molar-refractivity contribution in [3.05, 3.63) is 125 Å². The van der Waals surface area contributed by atoms with E-state index in [1.165, 1.54) is 0 Å². The maximum Gasteiger partial charge on any atom is 0.194 e. The predicted octanol–water partition coefficient (Wildman–Crippen LogP) is 6.91. The first-order chi connectivity index (χ1) is 16.7. The van der Waals surface area contributed by atoms with Gasteiger partial charge in [0.2, 0.25) is 0 Å². The highest BCUT2D eigenvalue weighted by atomic mass is 16.5. The van der Waals surface area contributed by atoms with E-state index < -0.39 is 0 Å². The lowest BCUT2D eigenvalue weighted by Crippen LogP contribution is -2.02. The lowest BCUT2D eigenvalue weighted by atomic mass is 9.89. The van der Waals surface area contributed by atoms with Gasteiger partial charge in [0, 0.05) is 11.5 Å². The van der Waals surface area contributed by atoms with Gasteiger partial charge in [-0.2, -0.15) is 0 Å². The number of ether oxygens (including phenoxy) is 3. The van der Waals surface area contributed by atoms with Crippen LogP contribution in [0.3, 0.4) is 0 Å². The van der Waals surface area contributed by atoms with E-state index in [2.05, 4.69) is 12.1 Å². The zero-order valence-electron chi connectivity index (χ0n) is 19.0. The van der Waals surface area contributed by atoms with Crippen molar-refractivity contribution in [1.82, 2.24) is 0 Å². The summed E-state index contributed by atoms with van der Waals surface area (Å²) in [5.74, 6) is 2.51. The van der Waals surface area contributed by atoms with Crippen LogP contribution in [0.4, 0.5) is 0 Å². The molecule has 0 N–H and O–H groups in total. The Bertz CT molecular complexity index is 1340. The lowest BCUT2D eigenvalue weighted by Gasteiger charge is -2.14. The minimum absolute atomic E-state index is 0.0243. The number of allylic oxidation sites excluding steroid dienone is 1. The lowest BCUT2D eigenvalue weighted by molar-refractivity contribution is 0.103. The van der Waals surface area contributed by atoms with E-state index in [1.807, 2.05) is 91.0 Å². The van der Waals surface area contributed by atoms with Crippen LogP contribution in [0.15, 0.2) is 103 Å². The normalized spacial score (nSPS) is 15.8. The molecule has 0 amide bonds. The van der Waals surface area contributed by atoms with Gasteiger partial charge in [-0.3, -0.25) is 4.79 Å². The van der Waals surface area contributed by atoms with Crippen molar-refractivity contribution < 1.29 is 19.0 Å². The van der Waals surface area contributed by atoms with E-state index in [0.29, 0.717) is 17.1 Å². The van der Waals surface area contributed by atoms with Gasteiger partial charge in [-0.05, 0) is 65.2 Å². The Labute approximate surface area is 199 Å². The third-order valence-electron chi connectivity index (χ3n) is 6.03. The van der Waals surface area contributed by atoms with Crippen LogP contribution in [0.25, 0.3) is 6.08 Å². The average molecular weight is 449 g/mol. The SMILES string of the molecule is COc1ccc(/C=C2\C(=O)c3c(Oc4ccc(OC)cc4)cccc3[C@H]2c2ccccc2)cc1. The number of hydrogen-bond donors (Lipinski definition) is 0. The molecule has 0 fully saturated rings. The summed E-state index contributed by atoms with van der Waals surface area (Å²) in [5, 5.41) is 0. The molecule has 4 aromatic carbocycles. The van der Waals surface area contributed by atoms with Gasteiger partial charge in [0.25, 0.3) is 0 Å². The van der Waals surface area contributed by atoms with Crippen molar-refractivity contribution >= 4 is 11.9 Å². The molecule has 0 bridgehead atoms.